The molecule has 8 rings (SSSR count). The van der Waals surface area contributed by atoms with E-state index < -0.39 is 0 Å². The van der Waals surface area contributed by atoms with Gasteiger partial charge in [0.15, 0.2) is 5.82 Å². The van der Waals surface area contributed by atoms with E-state index in [4.69, 9.17) is 9.97 Å². The maximum absolute atomic E-state index is 5.17. The Morgan fingerprint density at radius 2 is 0.911 bits per heavy atom. The van der Waals surface area contributed by atoms with Crippen molar-refractivity contribution >= 4 is 0 Å². The molecule has 7 aromatic rings. The lowest BCUT2D eigenvalue weighted by molar-refractivity contribution is 0.660. The van der Waals surface area contributed by atoms with Gasteiger partial charge in [0.2, 0.25) is 0 Å². The molecule has 0 aliphatic heterocycles. The lowest BCUT2D eigenvalue weighted by atomic mass is 9.82. The molecule has 0 bridgehead atoms. The molecule has 3 heteroatoms. The standard InChI is InChI=1S/C42H31N3/c1-42(2)37-11-7-6-10-35(37)36-26-34(20-21-38(36)42)40-27-39(32-16-12-30(13-17-32)31-22-24-43-25-23-31)44-41(45-40)33-18-14-29(15-19-33)28-8-4-3-5-9-28/h3-27H,1-2H3. The van der Waals surface area contributed by atoms with Gasteiger partial charge in [-0.15, -0.1) is 0 Å². The van der Waals surface area contributed by atoms with Crippen molar-refractivity contribution in [1.29, 1.82) is 0 Å². The highest BCUT2D eigenvalue weighted by molar-refractivity contribution is 5.85. The molecule has 1 aliphatic carbocycles. The number of benzene rings is 5. The second kappa shape index (κ2) is 10.8. The van der Waals surface area contributed by atoms with Gasteiger partial charge in [0.25, 0.3) is 0 Å². The Morgan fingerprint density at radius 1 is 0.400 bits per heavy atom. The van der Waals surface area contributed by atoms with Crippen LogP contribution in [0.4, 0.5) is 0 Å². The van der Waals surface area contributed by atoms with E-state index in [0.717, 1.165) is 39.2 Å². The van der Waals surface area contributed by atoms with Crippen LogP contribution in [-0.2, 0) is 5.41 Å². The van der Waals surface area contributed by atoms with Gasteiger partial charge in [0, 0.05) is 34.5 Å². The Hall–Kier alpha value is -5.67. The van der Waals surface area contributed by atoms with Gasteiger partial charge in [-0.2, -0.15) is 0 Å². The Balaban J connectivity index is 1.25. The fraction of sp³-hybridized carbons (Fsp3) is 0.0714. The van der Waals surface area contributed by atoms with Crippen LogP contribution >= 0.6 is 0 Å². The van der Waals surface area contributed by atoms with E-state index in [1.165, 1.54) is 33.4 Å². The molecule has 0 atom stereocenters. The molecule has 0 radical (unpaired) electrons. The number of hydrogen-bond acceptors (Lipinski definition) is 3. The molecule has 0 N–H and O–H groups in total. The quantitative estimate of drug-likeness (QED) is 0.204. The van der Waals surface area contributed by atoms with E-state index in [9.17, 15) is 0 Å². The number of aromatic nitrogens is 3. The van der Waals surface area contributed by atoms with Gasteiger partial charge < -0.3 is 0 Å². The molecule has 0 fully saturated rings. The van der Waals surface area contributed by atoms with E-state index in [1.54, 1.807) is 0 Å². The van der Waals surface area contributed by atoms with Gasteiger partial charge in [0.1, 0.15) is 0 Å². The molecular formula is C42H31N3. The van der Waals surface area contributed by atoms with Crippen LogP contribution in [0.15, 0.2) is 152 Å². The lowest BCUT2D eigenvalue weighted by Crippen LogP contribution is -2.14. The second-order valence-corrected chi connectivity index (χ2v) is 12.1. The maximum Gasteiger partial charge on any atom is 0.160 e. The second-order valence-electron chi connectivity index (χ2n) is 12.1. The van der Waals surface area contributed by atoms with Gasteiger partial charge in [-0.25, -0.2) is 9.97 Å². The predicted octanol–water partition coefficient (Wildman–Crippen LogP) is 10.5. The first-order chi connectivity index (χ1) is 22.0. The normalized spacial score (nSPS) is 12.8. The fourth-order valence-electron chi connectivity index (χ4n) is 6.57. The summed E-state index contributed by atoms with van der Waals surface area (Å²) in [5, 5.41) is 0. The fourth-order valence-corrected chi connectivity index (χ4v) is 6.57. The zero-order valence-corrected chi connectivity index (χ0v) is 25.3. The summed E-state index contributed by atoms with van der Waals surface area (Å²) in [5.41, 5.74) is 14.8. The largest absolute Gasteiger partial charge is 0.265 e. The zero-order chi connectivity index (χ0) is 30.4. The summed E-state index contributed by atoms with van der Waals surface area (Å²) >= 11 is 0. The van der Waals surface area contributed by atoms with Crippen LogP contribution < -0.4 is 0 Å². The number of fused-ring (bicyclic) bond motifs is 3. The van der Waals surface area contributed by atoms with E-state index >= 15 is 0 Å². The first-order valence-electron chi connectivity index (χ1n) is 15.4. The molecule has 2 heterocycles. The number of nitrogens with zero attached hydrogens (tertiary/aromatic N) is 3. The molecule has 3 nitrogen and oxygen atoms in total. The van der Waals surface area contributed by atoms with Gasteiger partial charge in [-0.3, -0.25) is 4.98 Å². The highest BCUT2D eigenvalue weighted by Crippen LogP contribution is 2.49. The summed E-state index contributed by atoms with van der Waals surface area (Å²) in [6.07, 6.45) is 3.65. The van der Waals surface area contributed by atoms with E-state index in [1.807, 2.05) is 30.6 Å². The van der Waals surface area contributed by atoms with E-state index in [2.05, 4.69) is 140 Å². The SMILES string of the molecule is CC1(C)c2ccccc2-c2cc(-c3cc(-c4ccc(-c5ccncc5)cc4)nc(-c4ccc(-c5ccccc5)cc4)n3)ccc21. The van der Waals surface area contributed by atoms with Crippen LogP contribution in [0.5, 0.6) is 0 Å². The third kappa shape index (κ3) is 4.83. The summed E-state index contributed by atoms with van der Waals surface area (Å²) in [6, 6.07) is 49.3. The van der Waals surface area contributed by atoms with Crippen molar-refractivity contribution in [1.82, 2.24) is 15.0 Å². The van der Waals surface area contributed by atoms with E-state index in [0.29, 0.717) is 5.82 Å². The zero-order valence-electron chi connectivity index (χ0n) is 25.3. The van der Waals surface area contributed by atoms with Gasteiger partial charge in [-0.1, -0.05) is 129 Å². The molecular weight excluding hydrogens is 546 g/mol. The lowest BCUT2D eigenvalue weighted by Gasteiger charge is -2.21. The Morgan fingerprint density at radius 3 is 1.62 bits per heavy atom. The highest BCUT2D eigenvalue weighted by Gasteiger charge is 2.35. The van der Waals surface area contributed by atoms with Gasteiger partial charge in [0.05, 0.1) is 11.4 Å². The van der Waals surface area contributed by atoms with Gasteiger partial charge >= 0.3 is 0 Å². The molecule has 5 aromatic carbocycles. The summed E-state index contributed by atoms with van der Waals surface area (Å²) in [5.74, 6) is 0.710. The van der Waals surface area contributed by atoms with Crippen molar-refractivity contribution in [2.24, 2.45) is 0 Å². The van der Waals surface area contributed by atoms with Crippen LogP contribution in [0.25, 0.3) is 67.3 Å². The Bertz CT molecular complexity index is 2050. The van der Waals surface area contributed by atoms with Crippen molar-refractivity contribution in [3.8, 4) is 67.3 Å². The topological polar surface area (TPSA) is 38.7 Å². The van der Waals surface area contributed by atoms with Crippen molar-refractivity contribution in [2.45, 2.75) is 19.3 Å². The molecule has 214 valence electrons. The van der Waals surface area contributed by atoms with Crippen LogP contribution in [0, 0.1) is 0 Å². The average Bonchev–Trinajstić information content (AvgIpc) is 3.34. The molecule has 2 aromatic heterocycles. The molecule has 0 saturated heterocycles. The molecule has 0 amide bonds. The summed E-state index contributed by atoms with van der Waals surface area (Å²) < 4.78 is 0. The number of rotatable bonds is 5. The van der Waals surface area contributed by atoms with Crippen molar-refractivity contribution in [2.75, 3.05) is 0 Å². The summed E-state index contributed by atoms with van der Waals surface area (Å²) in [4.78, 5) is 14.4. The molecule has 1 aliphatic rings. The summed E-state index contributed by atoms with van der Waals surface area (Å²) in [6.45, 7) is 4.62. The minimum Gasteiger partial charge on any atom is -0.265 e. The van der Waals surface area contributed by atoms with Crippen LogP contribution in [0.3, 0.4) is 0 Å². The van der Waals surface area contributed by atoms with Crippen LogP contribution in [0.2, 0.25) is 0 Å². The summed E-state index contributed by atoms with van der Waals surface area (Å²) in [7, 11) is 0. The van der Waals surface area contributed by atoms with Gasteiger partial charge in [-0.05, 0) is 68.8 Å². The minimum absolute atomic E-state index is 0.0382. The third-order valence-corrected chi connectivity index (χ3v) is 9.05. The number of pyridine rings is 1. The third-order valence-electron chi connectivity index (χ3n) is 9.05. The highest BCUT2D eigenvalue weighted by atomic mass is 14.9. The first-order valence-corrected chi connectivity index (χ1v) is 15.4. The van der Waals surface area contributed by atoms with Crippen molar-refractivity contribution in [3.05, 3.63) is 163 Å². The monoisotopic (exact) mass is 577 g/mol. The molecule has 0 saturated carbocycles. The van der Waals surface area contributed by atoms with Crippen molar-refractivity contribution in [3.63, 3.8) is 0 Å². The molecule has 45 heavy (non-hydrogen) atoms. The smallest absolute Gasteiger partial charge is 0.160 e. The molecule has 0 unspecified atom stereocenters. The average molecular weight is 578 g/mol. The maximum atomic E-state index is 5.17. The molecule has 0 spiro atoms. The number of hydrogen-bond donors (Lipinski definition) is 0. The first kappa shape index (κ1) is 26.9. The Labute approximate surface area is 264 Å². The minimum atomic E-state index is -0.0382. The predicted molar refractivity (Wildman–Crippen MR) is 185 cm³/mol. The Kier molecular flexibility index (Phi) is 6.46. The van der Waals surface area contributed by atoms with E-state index in [-0.39, 0.29) is 5.41 Å². The van der Waals surface area contributed by atoms with Crippen LogP contribution in [0.1, 0.15) is 25.0 Å². The van der Waals surface area contributed by atoms with Crippen LogP contribution in [-0.4, -0.2) is 15.0 Å². The van der Waals surface area contributed by atoms with Crippen molar-refractivity contribution < 1.29 is 0 Å².